The Labute approximate surface area is 177 Å². The van der Waals surface area contributed by atoms with E-state index in [4.69, 9.17) is 11.6 Å². The van der Waals surface area contributed by atoms with Crippen LogP contribution >= 0.6 is 22.9 Å². The van der Waals surface area contributed by atoms with Gasteiger partial charge in [0.25, 0.3) is 11.5 Å². The van der Waals surface area contributed by atoms with Gasteiger partial charge in [-0.3, -0.25) is 14.2 Å². The average Bonchev–Trinajstić information content (AvgIpc) is 3.06. The van der Waals surface area contributed by atoms with Gasteiger partial charge in [0.05, 0.1) is 17.9 Å². The quantitative estimate of drug-likeness (QED) is 0.505. The Bertz CT molecular complexity index is 1170. The van der Waals surface area contributed by atoms with Gasteiger partial charge in [-0.05, 0) is 55.4 Å². The summed E-state index contributed by atoms with van der Waals surface area (Å²) in [4.78, 5) is 32.1. The highest BCUT2D eigenvalue weighted by Crippen LogP contribution is 2.35. The van der Waals surface area contributed by atoms with Crippen molar-refractivity contribution in [1.82, 2.24) is 15.0 Å². The lowest BCUT2D eigenvalue weighted by Crippen LogP contribution is -2.34. The number of benzene rings is 1. The van der Waals surface area contributed by atoms with E-state index in [-0.39, 0.29) is 11.5 Å². The maximum Gasteiger partial charge on any atom is 0.263 e. The summed E-state index contributed by atoms with van der Waals surface area (Å²) in [5.41, 5.74) is 4.21. The zero-order valence-electron chi connectivity index (χ0n) is 16.2. The van der Waals surface area contributed by atoms with Crippen LogP contribution in [0.15, 0.2) is 40.5 Å². The van der Waals surface area contributed by atoms with Gasteiger partial charge < -0.3 is 0 Å². The first kappa shape index (κ1) is 19.8. The summed E-state index contributed by atoms with van der Waals surface area (Å²) in [5.74, 6) is 0.240. The van der Waals surface area contributed by atoms with E-state index in [1.165, 1.54) is 22.0 Å². The van der Waals surface area contributed by atoms with Gasteiger partial charge in [0, 0.05) is 9.90 Å². The van der Waals surface area contributed by atoms with Crippen molar-refractivity contribution in [2.45, 2.75) is 39.2 Å². The van der Waals surface area contributed by atoms with Gasteiger partial charge in [0.1, 0.15) is 10.9 Å². The van der Waals surface area contributed by atoms with Crippen LogP contribution in [0.2, 0.25) is 5.02 Å². The second-order valence-corrected chi connectivity index (χ2v) is 8.97. The number of hydrogen-bond acceptors (Lipinski definition) is 5. The van der Waals surface area contributed by atoms with Gasteiger partial charge in [-0.1, -0.05) is 30.7 Å². The summed E-state index contributed by atoms with van der Waals surface area (Å²) in [6, 6.07) is 6.40. The summed E-state index contributed by atoms with van der Waals surface area (Å²) in [7, 11) is 0. The largest absolute Gasteiger partial charge is 0.286 e. The second-order valence-electron chi connectivity index (χ2n) is 7.45. The number of halogens is 1. The standard InChI is InChI=1S/C21H21ClN4O2S/c1-12-6-7-16-17(8-12)29-20-18(16)21(28)26(11-23-20)13(2)19(27)25-24-10-14-4-3-5-15(22)9-14/h3-5,9-13H,6-8H2,1-2H3,(H,25,27)/b24-10+/t12-,13-/m1/s1. The maximum atomic E-state index is 13.1. The minimum absolute atomic E-state index is 0.163. The molecule has 1 aromatic carbocycles. The Morgan fingerprint density at radius 3 is 3.10 bits per heavy atom. The summed E-state index contributed by atoms with van der Waals surface area (Å²) >= 11 is 7.54. The molecule has 1 amide bonds. The molecule has 1 N–H and O–H groups in total. The lowest BCUT2D eigenvalue weighted by Gasteiger charge is -2.18. The lowest BCUT2D eigenvalue weighted by molar-refractivity contribution is -0.123. The van der Waals surface area contributed by atoms with Gasteiger partial charge in [-0.15, -0.1) is 11.3 Å². The summed E-state index contributed by atoms with van der Waals surface area (Å²) in [5, 5.41) is 5.23. The second kappa shape index (κ2) is 8.08. The van der Waals surface area contributed by atoms with Crippen molar-refractivity contribution in [3.8, 4) is 0 Å². The molecule has 3 aromatic rings. The molecule has 150 valence electrons. The van der Waals surface area contributed by atoms with E-state index in [0.29, 0.717) is 16.3 Å². The molecule has 6 nitrogen and oxygen atoms in total. The zero-order chi connectivity index (χ0) is 20.5. The van der Waals surface area contributed by atoms with Gasteiger partial charge in [-0.2, -0.15) is 5.10 Å². The molecule has 0 saturated heterocycles. The Morgan fingerprint density at radius 1 is 1.48 bits per heavy atom. The zero-order valence-corrected chi connectivity index (χ0v) is 17.8. The number of hydrogen-bond donors (Lipinski definition) is 1. The molecule has 0 fully saturated rings. The number of nitrogens with zero attached hydrogens (tertiary/aromatic N) is 3. The number of aryl methyl sites for hydroxylation is 1. The Balaban J connectivity index is 1.56. The van der Waals surface area contributed by atoms with E-state index in [2.05, 4.69) is 22.4 Å². The van der Waals surface area contributed by atoms with Crippen molar-refractivity contribution >= 4 is 45.3 Å². The first-order valence-corrected chi connectivity index (χ1v) is 10.7. The molecule has 0 bridgehead atoms. The molecule has 2 heterocycles. The maximum absolute atomic E-state index is 13.1. The molecule has 4 rings (SSSR count). The van der Waals surface area contributed by atoms with Crippen LogP contribution < -0.4 is 11.0 Å². The Kier molecular flexibility index (Phi) is 5.52. The molecule has 0 aliphatic heterocycles. The predicted octanol–water partition coefficient (Wildman–Crippen LogP) is 3.95. The first-order valence-electron chi connectivity index (χ1n) is 9.54. The number of nitrogens with one attached hydrogen (secondary N) is 1. The number of aromatic nitrogens is 2. The van der Waals surface area contributed by atoms with Crippen molar-refractivity contribution in [2.75, 3.05) is 0 Å². The monoisotopic (exact) mass is 428 g/mol. The third kappa shape index (κ3) is 3.97. The highest BCUT2D eigenvalue weighted by Gasteiger charge is 2.25. The van der Waals surface area contributed by atoms with E-state index in [1.54, 1.807) is 36.5 Å². The molecule has 0 radical (unpaired) electrons. The van der Waals surface area contributed by atoms with Gasteiger partial charge >= 0.3 is 0 Å². The van der Waals surface area contributed by atoms with E-state index in [9.17, 15) is 9.59 Å². The minimum atomic E-state index is -0.728. The fourth-order valence-corrected chi connectivity index (χ4v) is 5.14. The fraction of sp³-hybridized carbons (Fsp3) is 0.333. The van der Waals surface area contributed by atoms with Crippen molar-refractivity contribution in [3.05, 3.63) is 62.0 Å². The smallest absolute Gasteiger partial charge is 0.263 e. The Morgan fingerprint density at radius 2 is 2.31 bits per heavy atom. The van der Waals surface area contributed by atoms with Crippen LogP contribution in [0.4, 0.5) is 0 Å². The van der Waals surface area contributed by atoms with E-state index in [0.717, 1.165) is 35.2 Å². The molecule has 1 aliphatic rings. The van der Waals surface area contributed by atoms with Crippen LogP contribution in [0.5, 0.6) is 0 Å². The van der Waals surface area contributed by atoms with Crippen molar-refractivity contribution in [3.63, 3.8) is 0 Å². The number of carbonyl (C=O) groups is 1. The SMILES string of the molecule is C[C@@H]1CCc2c(sc3ncn([C@H](C)C(=O)N/N=C/c4cccc(Cl)c4)c(=O)c23)C1. The molecular weight excluding hydrogens is 408 g/mol. The van der Waals surface area contributed by atoms with Crippen molar-refractivity contribution in [1.29, 1.82) is 0 Å². The highest BCUT2D eigenvalue weighted by atomic mass is 35.5. The summed E-state index contributed by atoms with van der Waals surface area (Å²) in [6.45, 7) is 3.90. The van der Waals surface area contributed by atoms with Crippen molar-refractivity contribution < 1.29 is 4.79 Å². The van der Waals surface area contributed by atoms with E-state index in [1.807, 2.05) is 6.07 Å². The molecule has 29 heavy (non-hydrogen) atoms. The first-order chi connectivity index (χ1) is 13.9. The molecule has 0 saturated carbocycles. The number of thiophene rings is 1. The Hall–Kier alpha value is -2.51. The topological polar surface area (TPSA) is 76.3 Å². The van der Waals surface area contributed by atoms with Crippen LogP contribution in [0.25, 0.3) is 10.2 Å². The minimum Gasteiger partial charge on any atom is -0.286 e. The molecule has 0 unspecified atom stereocenters. The van der Waals surface area contributed by atoms with Gasteiger partial charge in [0.15, 0.2) is 0 Å². The van der Waals surface area contributed by atoms with Crippen LogP contribution in [-0.2, 0) is 17.6 Å². The average molecular weight is 429 g/mol. The lowest BCUT2D eigenvalue weighted by atomic mass is 9.89. The summed E-state index contributed by atoms with van der Waals surface area (Å²) < 4.78 is 1.39. The highest BCUT2D eigenvalue weighted by molar-refractivity contribution is 7.18. The number of rotatable bonds is 4. The fourth-order valence-electron chi connectivity index (χ4n) is 3.60. The molecule has 0 spiro atoms. The molecule has 2 atom stereocenters. The number of amides is 1. The third-order valence-electron chi connectivity index (χ3n) is 5.27. The normalized spacial score (nSPS) is 17.4. The molecular formula is C21H21ClN4O2S. The van der Waals surface area contributed by atoms with E-state index >= 15 is 0 Å². The molecule has 2 aromatic heterocycles. The number of carbonyl (C=O) groups excluding carboxylic acids is 1. The van der Waals surface area contributed by atoms with Crippen molar-refractivity contribution in [2.24, 2.45) is 11.0 Å². The van der Waals surface area contributed by atoms with Crippen LogP contribution in [0.1, 0.15) is 42.3 Å². The number of fused-ring (bicyclic) bond motifs is 3. The third-order valence-corrected chi connectivity index (χ3v) is 6.67. The van der Waals surface area contributed by atoms with Crippen LogP contribution in [-0.4, -0.2) is 21.7 Å². The van der Waals surface area contributed by atoms with Gasteiger partial charge in [0.2, 0.25) is 0 Å². The van der Waals surface area contributed by atoms with Gasteiger partial charge in [-0.25, -0.2) is 10.4 Å². The number of hydrazone groups is 1. The molecule has 1 aliphatic carbocycles. The predicted molar refractivity (Wildman–Crippen MR) is 117 cm³/mol. The van der Waals surface area contributed by atoms with E-state index < -0.39 is 6.04 Å². The van der Waals surface area contributed by atoms with Crippen LogP contribution in [0.3, 0.4) is 0 Å². The molecule has 8 heteroatoms. The van der Waals surface area contributed by atoms with Crippen LogP contribution in [0, 0.1) is 5.92 Å². The summed E-state index contributed by atoms with van der Waals surface area (Å²) in [6.07, 6.45) is 5.92.